The molecule has 1 amide bonds. The van der Waals surface area contributed by atoms with E-state index in [1.54, 1.807) is 12.3 Å². The zero-order valence-corrected chi connectivity index (χ0v) is 10.1. The van der Waals surface area contributed by atoms with E-state index >= 15 is 0 Å². The summed E-state index contributed by atoms with van der Waals surface area (Å²) in [5.74, 6) is 0.0729. The van der Waals surface area contributed by atoms with Gasteiger partial charge in [-0.3, -0.25) is 4.79 Å². The average molecular weight is 236 g/mol. The van der Waals surface area contributed by atoms with Crippen molar-refractivity contribution in [1.82, 2.24) is 9.88 Å². The van der Waals surface area contributed by atoms with Gasteiger partial charge in [0.25, 0.3) is 5.91 Å². The van der Waals surface area contributed by atoms with E-state index in [2.05, 4.69) is 4.98 Å². The molecule has 1 saturated heterocycles. The number of H-pyrrole nitrogens is 1. The molecule has 1 fully saturated rings. The van der Waals surface area contributed by atoms with Crippen LogP contribution in [-0.2, 0) is 0 Å². The molecular weight excluding hydrogens is 220 g/mol. The Bertz CT molecular complexity index is 419. The first-order valence-corrected chi connectivity index (χ1v) is 6.17. The molecule has 4 heteroatoms. The van der Waals surface area contributed by atoms with Crippen LogP contribution in [0.4, 0.5) is 0 Å². The van der Waals surface area contributed by atoms with E-state index in [0.29, 0.717) is 10.2 Å². The van der Waals surface area contributed by atoms with Crippen molar-refractivity contribution in [3.05, 3.63) is 28.5 Å². The Balaban J connectivity index is 2.18. The minimum Gasteiger partial charge on any atom is -0.352 e. The largest absolute Gasteiger partial charge is 0.352 e. The summed E-state index contributed by atoms with van der Waals surface area (Å²) in [5.41, 5.74) is 0.624. The Morgan fingerprint density at radius 3 is 2.56 bits per heavy atom. The molecule has 0 aliphatic carbocycles. The third-order valence-corrected chi connectivity index (χ3v) is 3.28. The number of nitrogens with zero attached hydrogens (tertiary/aromatic N) is 1. The first kappa shape index (κ1) is 11.3. The van der Waals surface area contributed by atoms with Crippen molar-refractivity contribution in [3.8, 4) is 0 Å². The van der Waals surface area contributed by atoms with E-state index in [1.165, 1.54) is 12.8 Å². The Morgan fingerprint density at radius 2 is 1.94 bits per heavy atom. The number of hydrogen-bond acceptors (Lipinski definition) is 2. The summed E-state index contributed by atoms with van der Waals surface area (Å²) >= 11 is 5.13. The molecule has 1 aromatic heterocycles. The third-order valence-electron chi connectivity index (χ3n) is 2.94. The van der Waals surface area contributed by atoms with Gasteiger partial charge >= 0.3 is 0 Å². The second kappa shape index (κ2) is 5.25. The number of carbonyl (C=O) groups excluding carboxylic acids is 1. The van der Waals surface area contributed by atoms with Crippen LogP contribution in [0, 0.1) is 4.64 Å². The molecule has 1 N–H and O–H groups in total. The van der Waals surface area contributed by atoms with Crippen molar-refractivity contribution < 1.29 is 4.79 Å². The molecule has 0 aromatic carbocycles. The maximum Gasteiger partial charge on any atom is 0.256 e. The van der Waals surface area contributed by atoms with Crippen LogP contribution >= 0.6 is 12.2 Å². The molecule has 1 aromatic rings. The molecule has 86 valence electrons. The molecule has 0 bridgehead atoms. The van der Waals surface area contributed by atoms with Crippen molar-refractivity contribution >= 4 is 18.1 Å². The number of pyridine rings is 1. The third kappa shape index (κ3) is 2.50. The fourth-order valence-corrected chi connectivity index (χ4v) is 2.26. The lowest BCUT2D eigenvalue weighted by molar-refractivity contribution is 0.0760. The number of hydrogen-bond donors (Lipinski definition) is 1. The molecular formula is C12H16N2OS. The lowest BCUT2D eigenvalue weighted by atomic mass is 10.2. The van der Waals surface area contributed by atoms with Gasteiger partial charge in [-0.15, -0.1) is 0 Å². The lowest BCUT2D eigenvalue weighted by Crippen LogP contribution is -2.32. The van der Waals surface area contributed by atoms with Crippen molar-refractivity contribution in [1.29, 1.82) is 0 Å². The van der Waals surface area contributed by atoms with Gasteiger partial charge in [-0.05, 0) is 25.0 Å². The summed E-state index contributed by atoms with van der Waals surface area (Å²) in [6.45, 7) is 1.73. The van der Waals surface area contributed by atoms with Crippen molar-refractivity contribution in [2.45, 2.75) is 25.7 Å². The Morgan fingerprint density at radius 1 is 1.25 bits per heavy atom. The van der Waals surface area contributed by atoms with Crippen LogP contribution in [0.15, 0.2) is 18.3 Å². The average Bonchev–Trinajstić information content (AvgIpc) is 2.57. The molecule has 0 unspecified atom stereocenters. The number of aromatic nitrogens is 1. The highest BCUT2D eigenvalue weighted by Gasteiger charge is 2.17. The number of likely N-dealkylation sites (tertiary alicyclic amines) is 1. The minimum atomic E-state index is 0.0729. The van der Waals surface area contributed by atoms with Crippen LogP contribution in [0.25, 0.3) is 0 Å². The number of carbonyl (C=O) groups is 1. The van der Waals surface area contributed by atoms with Gasteiger partial charge in [-0.2, -0.15) is 0 Å². The van der Waals surface area contributed by atoms with E-state index < -0.39 is 0 Å². The van der Waals surface area contributed by atoms with E-state index in [9.17, 15) is 4.79 Å². The van der Waals surface area contributed by atoms with E-state index in [1.807, 2.05) is 11.0 Å². The summed E-state index contributed by atoms with van der Waals surface area (Å²) in [5, 5.41) is 0. The van der Waals surface area contributed by atoms with Gasteiger partial charge in [-0.1, -0.05) is 25.1 Å². The monoisotopic (exact) mass is 236 g/mol. The molecule has 1 aliphatic heterocycles. The van der Waals surface area contributed by atoms with Crippen LogP contribution in [0.3, 0.4) is 0 Å². The second-order valence-corrected chi connectivity index (χ2v) is 4.53. The molecule has 0 atom stereocenters. The maximum atomic E-state index is 12.2. The summed E-state index contributed by atoms with van der Waals surface area (Å²) in [6, 6.07) is 3.62. The molecule has 0 radical (unpaired) electrons. The van der Waals surface area contributed by atoms with E-state index in [-0.39, 0.29) is 5.91 Å². The highest BCUT2D eigenvalue weighted by molar-refractivity contribution is 7.71. The van der Waals surface area contributed by atoms with E-state index in [4.69, 9.17) is 12.2 Å². The first-order chi connectivity index (χ1) is 7.79. The van der Waals surface area contributed by atoms with Crippen LogP contribution in [0.1, 0.15) is 36.0 Å². The van der Waals surface area contributed by atoms with Crippen LogP contribution in [0.2, 0.25) is 0 Å². The highest BCUT2D eigenvalue weighted by atomic mass is 32.1. The zero-order valence-electron chi connectivity index (χ0n) is 9.24. The fourth-order valence-electron chi connectivity index (χ4n) is 2.03. The minimum absolute atomic E-state index is 0.0729. The van der Waals surface area contributed by atoms with Gasteiger partial charge in [0, 0.05) is 19.3 Å². The first-order valence-electron chi connectivity index (χ1n) is 5.76. The zero-order chi connectivity index (χ0) is 11.4. The second-order valence-electron chi connectivity index (χ2n) is 4.12. The lowest BCUT2D eigenvalue weighted by Gasteiger charge is -2.20. The van der Waals surface area contributed by atoms with E-state index in [0.717, 1.165) is 25.9 Å². The predicted octanol–water partition coefficient (Wildman–Crippen LogP) is 2.76. The fraction of sp³-hybridized carbons (Fsp3) is 0.500. The molecule has 16 heavy (non-hydrogen) atoms. The predicted molar refractivity (Wildman–Crippen MR) is 66.0 cm³/mol. The van der Waals surface area contributed by atoms with Gasteiger partial charge < -0.3 is 9.88 Å². The highest BCUT2D eigenvalue weighted by Crippen LogP contribution is 2.13. The molecule has 3 nitrogen and oxygen atoms in total. The Kier molecular flexibility index (Phi) is 3.72. The van der Waals surface area contributed by atoms with Gasteiger partial charge in [0.15, 0.2) is 0 Å². The summed E-state index contributed by atoms with van der Waals surface area (Å²) in [7, 11) is 0. The van der Waals surface area contributed by atoms with Gasteiger partial charge in [0.2, 0.25) is 0 Å². The van der Waals surface area contributed by atoms with Crippen molar-refractivity contribution in [2.75, 3.05) is 13.1 Å². The topological polar surface area (TPSA) is 36.1 Å². The Labute approximate surface area is 100 Å². The normalized spacial score (nSPS) is 16.9. The van der Waals surface area contributed by atoms with Crippen molar-refractivity contribution in [3.63, 3.8) is 0 Å². The van der Waals surface area contributed by atoms with Crippen LogP contribution in [0.5, 0.6) is 0 Å². The van der Waals surface area contributed by atoms with Crippen LogP contribution in [-0.4, -0.2) is 28.9 Å². The molecule has 0 spiro atoms. The SMILES string of the molecule is O=C(c1ccc[nH]c1=S)N1CCCCCC1. The molecule has 1 aliphatic rings. The summed E-state index contributed by atoms with van der Waals surface area (Å²) < 4.78 is 0.539. The summed E-state index contributed by atoms with van der Waals surface area (Å²) in [6.07, 6.45) is 6.42. The molecule has 0 saturated carbocycles. The number of aromatic amines is 1. The molecule has 2 rings (SSSR count). The quantitative estimate of drug-likeness (QED) is 0.761. The Hall–Kier alpha value is -1.16. The standard InChI is InChI=1S/C12H16N2OS/c15-12(10-6-5-7-13-11(10)16)14-8-3-1-2-4-9-14/h5-7H,1-4,8-9H2,(H,13,16). The number of nitrogens with one attached hydrogen (secondary N) is 1. The van der Waals surface area contributed by atoms with Gasteiger partial charge in [0.05, 0.1) is 5.56 Å². The summed E-state index contributed by atoms with van der Waals surface area (Å²) in [4.78, 5) is 17.0. The number of amides is 1. The smallest absolute Gasteiger partial charge is 0.256 e. The van der Waals surface area contributed by atoms with Gasteiger partial charge in [0.1, 0.15) is 4.64 Å². The van der Waals surface area contributed by atoms with Crippen molar-refractivity contribution in [2.24, 2.45) is 0 Å². The maximum absolute atomic E-state index is 12.2. The molecule has 2 heterocycles. The van der Waals surface area contributed by atoms with Crippen LogP contribution < -0.4 is 0 Å². The van der Waals surface area contributed by atoms with Gasteiger partial charge in [-0.25, -0.2) is 0 Å². The number of rotatable bonds is 1.